The van der Waals surface area contributed by atoms with Gasteiger partial charge in [0.15, 0.2) is 5.76 Å². The van der Waals surface area contributed by atoms with E-state index in [0.29, 0.717) is 12.8 Å². The number of hydrogen-bond acceptors (Lipinski definition) is 9. The quantitative estimate of drug-likeness (QED) is 0.275. The van der Waals surface area contributed by atoms with Crippen LogP contribution in [-0.4, -0.2) is 74.0 Å². The SMILES string of the molecule is CC(=O)N[C@@H](CSC1=C2C3=CC(=O)C(O)=C2[C@@H]2O[C@H](CC[C@H](C)/C=C(\C)C[C@@H](C)C[C@H](C)[C@]1(O)O3)[C@H](C)[C@H](O)[C@H]2C)C(=O)O. The maximum Gasteiger partial charge on any atom is 0.327 e. The van der Waals surface area contributed by atoms with E-state index >= 15 is 0 Å². The number of carbonyl (C=O) groups excluding carboxylic acids is 2. The Labute approximate surface area is 263 Å². The van der Waals surface area contributed by atoms with Gasteiger partial charge in [-0.25, -0.2) is 4.79 Å². The number of aliphatic carboxylic acids is 1. The number of carboxylic acids is 1. The molecule has 44 heavy (non-hydrogen) atoms. The summed E-state index contributed by atoms with van der Waals surface area (Å²) >= 11 is 1.00. The molecule has 3 heterocycles. The number of carbonyl (C=O) groups is 3. The van der Waals surface area contributed by atoms with Crippen molar-refractivity contribution in [1.82, 2.24) is 5.32 Å². The third-order valence-electron chi connectivity index (χ3n) is 9.47. The van der Waals surface area contributed by atoms with E-state index in [1.165, 1.54) is 12.5 Å². The first-order valence-electron chi connectivity index (χ1n) is 15.5. The molecular formula is C33H47NO9S. The van der Waals surface area contributed by atoms with Gasteiger partial charge in [0.25, 0.3) is 0 Å². The average Bonchev–Trinajstić information content (AvgIpc) is 3.21. The minimum Gasteiger partial charge on any atom is -0.504 e. The van der Waals surface area contributed by atoms with Crippen molar-refractivity contribution in [1.29, 1.82) is 0 Å². The van der Waals surface area contributed by atoms with E-state index in [1.54, 1.807) is 6.92 Å². The van der Waals surface area contributed by atoms with Crippen LogP contribution in [0, 0.1) is 29.6 Å². The number of amides is 1. The van der Waals surface area contributed by atoms with E-state index in [4.69, 9.17) is 9.47 Å². The van der Waals surface area contributed by atoms with Gasteiger partial charge in [0.2, 0.25) is 17.5 Å². The summed E-state index contributed by atoms with van der Waals surface area (Å²) in [6.07, 6.45) is 4.14. The molecule has 244 valence electrons. The van der Waals surface area contributed by atoms with Crippen LogP contribution in [-0.2, 0) is 23.9 Å². The van der Waals surface area contributed by atoms with Crippen LogP contribution in [0.4, 0.5) is 0 Å². The van der Waals surface area contributed by atoms with Gasteiger partial charge in [0, 0.05) is 47.7 Å². The van der Waals surface area contributed by atoms with Crippen molar-refractivity contribution in [3.63, 3.8) is 0 Å². The molecule has 0 radical (unpaired) electrons. The first-order valence-corrected chi connectivity index (χ1v) is 16.5. The predicted molar refractivity (Wildman–Crippen MR) is 166 cm³/mol. The Hall–Kier alpha value is -2.60. The molecule has 1 fully saturated rings. The summed E-state index contributed by atoms with van der Waals surface area (Å²) < 4.78 is 12.9. The first kappa shape index (κ1) is 34.3. The molecule has 3 aliphatic heterocycles. The number of rotatable bonds is 5. The van der Waals surface area contributed by atoms with E-state index in [1.807, 2.05) is 13.8 Å². The number of aliphatic hydroxyl groups is 3. The minimum absolute atomic E-state index is 0.0631. The number of nitrogens with one attached hydrogen (secondary N) is 1. The van der Waals surface area contributed by atoms with Crippen LogP contribution in [0.1, 0.15) is 74.1 Å². The lowest BCUT2D eigenvalue weighted by Crippen LogP contribution is -2.50. The molecule has 4 aliphatic rings. The highest BCUT2D eigenvalue weighted by Gasteiger charge is 2.54. The lowest BCUT2D eigenvalue weighted by Gasteiger charge is -2.44. The first-order chi connectivity index (χ1) is 20.5. The highest BCUT2D eigenvalue weighted by Crippen LogP contribution is 2.54. The molecule has 0 unspecified atom stereocenters. The second-order valence-electron chi connectivity index (χ2n) is 13.4. The Morgan fingerprint density at radius 1 is 1.16 bits per heavy atom. The van der Waals surface area contributed by atoms with Crippen LogP contribution < -0.4 is 5.32 Å². The van der Waals surface area contributed by atoms with Gasteiger partial charge >= 0.3 is 5.97 Å². The second-order valence-corrected chi connectivity index (χ2v) is 14.4. The molecule has 1 saturated heterocycles. The Balaban J connectivity index is 1.90. The Kier molecular flexibility index (Phi) is 10.4. The number of hydrogen-bond donors (Lipinski definition) is 5. The van der Waals surface area contributed by atoms with Gasteiger partial charge in [-0.1, -0.05) is 46.3 Å². The topological polar surface area (TPSA) is 163 Å². The lowest BCUT2D eigenvalue weighted by molar-refractivity contribution is -0.166. The minimum atomic E-state index is -1.96. The highest BCUT2D eigenvalue weighted by molar-refractivity contribution is 8.03. The molecule has 10 nitrogen and oxygen atoms in total. The molecule has 11 heteroatoms. The molecule has 0 spiro atoms. The Bertz CT molecular complexity index is 1300. The fourth-order valence-corrected chi connectivity index (χ4v) is 8.52. The van der Waals surface area contributed by atoms with Crippen molar-refractivity contribution >= 4 is 29.4 Å². The molecule has 4 bridgehead atoms. The van der Waals surface area contributed by atoms with Crippen LogP contribution in [0.5, 0.6) is 0 Å². The summed E-state index contributed by atoms with van der Waals surface area (Å²) in [5, 5.41) is 47.3. The monoisotopic (exact) mass is 633 g/mol. The van der Waals surface area contributed by atoms with Crippen molar-refractivity contribution in [2.45, 2.75) is 104 Å². The molecule has 0 aromatic carbocycles. The predicted octanol–water partition coefficient (Wildman–Crippen LogP) is 4.39. The van der Waals surface area contributed by atoms with Crippen molar-refractivity contribution in [3.8, 4) is 0 Å². The van der Waals surface area contributed by atoms with E-state index in [-0.39, 0.29) is 51.4 Å². The summed E-state index contributed by atoms with van der Waals surface area (Å²) in [6, 6.07) is -1.27. The number of thioether (sulfide) groups is 1. The third kappa shape index (κ3) is 6.80. The zero-order chi connectivity index (χ0) is 32.7. The van der Waals surface area contributed by atoms with Crippen LogP contribution in [0.3, 0.4) is 0 Å². The molecule has 0 saturated carbocycles. The fraction of sp³-hybridized carbons (Fsp3) is 0.667. The summed E-state index contributed by atoms with van der Waals surface area (Å²) in [4.78, 5) is 37.2. The van der Waals surface area contributed by atoms with Crippen LogP contribution in [0.25, 0.3) is 0 Å². The highest BCUT2D eigenvalue weighted by atomic mass is 32.2. The molecular weight excluding hydrogens is 586 g/mol. The maximum atomic E-state index is 13.1. The van der Waals surface area contributed by atoms with Gasteiger partial charge in [-0.3, -0.25) is 9.59 Å². The van der Waals surface area contributed by atoms with Crippen molar-refractivity contribution in [2.24, 2.45) is 29.6 Å². The van der Waals surface area contributed by atoms with Gasteiger partial charge in [-0.05, 0) is 44.4 Å². The lowest BCUT2D eigenvalue weighted by atomic mass is 9.75. The van der Waals surface area contributed by atoms with Gasteiger partial charge < -0.3 is 35.2 Å². The van der Waals surface area contributed by atoms with E-state index < -0.39 is 59.3 Å². The number of ketones is 1. The zero-order valence-corrected chi connectivity index (χ0v) is 27.4. The summed E-state index contributed by atoms with van der Waals surface area (Å²) in [5.41, 5.74) is 1.63. The smallest absolute Gasteiger partial charge is 0.327 e. The van der Waals surface area contributed by atoms with Crippen LogP contribution in [0.2, 0.25) is 0 Å². The number of ether oxygens (including phenoxy) is 2. The van der Waals surface area contributed by atoms with Crippen molar-refractivity contribution in [2.75, 3.05) is 5.75 Å². The van der Waals surface area contributed by atoms with Gasteiger partial charge in [0.05, 0.1) is 23.2 Å². The largest absolute Gasteiger partial charge is 0.504 e. The number of carboxylic acid groups (broad SMARTS) is 1. The molecule has 10 atom stereocenters. The average molecular weight is 634 g/mol. The molecule has 1 amide bonds. The van der Waals surface area contributed by atoms with Crippen molar-refractivity contribution in [3.05, 3.63) is 45.3 Å². The Morgan fingerprint density at radius 3 is 2.48 bits per heavy atom. The van der Waals surface area contributed by atoms with Gasteiger partial charge in [0.1, 0.15) is 11.8 Å². The molecule has 5 N–H and O–H groups in total. The normalized spacial score (nSPS) is 38.3. The number of aliphatic hydroxyl groups excluding tert-OH is 2. The molecule has 0 aromatic heterocycles. The Morgan fingerprint density at radius 2 is 1.84 bits per heavy atom. The van der Waals surface area contributed by atoms with Gasteiger partial charge in [-0.15, -0.1) is 11.8 Å². The van der Waals surface area contributed by atoms with E-state index in [2.05, 4.69) is 32.2 Å². The maximum absolute atomic E-state index is 13.1. The second kappa shape index (κ2) is 13.4. The molecule has 4 rings (SSSR count). The third-order valence-corrected chi connectivity index (χ3v) is 10.8. The number of fused-ring (bicyclic) bond motifs is 4. The fourth-order valence-electron chi connectivity index (χ4n) is 7.15. The van der Waals surface area contributed by atoms with Crippen LogP contribution >= 0.6 is 11.8 Å². The summed E-state index contributed by atoms with van der Waals surface area (Å²) in [7, 11) is 0. The van der Waals surface area contributed by atoms with E-state index in [0.717, 1.165) is 30.7 Å². The zero-order valence-electron chi connectivity index (χ0n) is 26.6. The van der Waals surface area contributed by atoms with E-state index in [9.17, 15) is 34.8 Å². The number of allylic oxidation sites excluding steroid dienone is 4. The summed E-state index contributed by atoms with van der Waals surface area (Å²) in [5.74, 6) is -5.88. The van der Waals surface area contributed by atoms with Gasteiger partial charge in [-0.2, -0.15) is 0 Å². The summed E-state index contributed by atoms with van der Waals surface area (Å²) in [6.45, 7) is 13.2. The van der Waals surface area contributed by atoms with Crippen LogP contribution in [0.15, 0.2) is 45.3 Å². The standard InChI is InChI=1S/C33H47NO9S/c1-15-8-9-24-19(5)28(37)20(6)30(42-24)27-26-25(13-23(36)29(27)38)43-33(41,18(4)12-17(3)11-16(2)10-15)31(26)44-14-22(32(39)40)34-21(7)35/h10,13,15,17-20,22,24,28,30,37-38,41H,8-9,11-12,14H2,1-7H3,(H,34,35)(H,39,40)/b16-10+/t15-,17+,18-,19-,20+,22-,24+,28-,30+,33-/m0/s1. The molecule has 0 aromatic rings. The van der Waals surface area contributed by atoms with Crippen molar-refractivity contribution < 1.29 is 44.3 Å². The molecule has 1 aliphatic carbocycles.